The zero-order valence-corrected chi connectivity index (χ0v) is 22.5. The average molecular weight is 544 g/mol. The van der Waals surface area contributed by atoms with E-state index >= 15 is 0 Å². The molecule has 2 aromatic heterocycles. The molecule has 3 aromatic rings. The van der Waals surface area contributed by atoms with Crippen molar-refractivity contribution in [2.75, 3.05) is 26.8 Å². The molecule has 40 heavy (non-hydrogen) atoms. The van der Waals surface area contributed by atoms with Crippen LogP contribution in [0.4, 0.5) is 0 Å². The van der Waals surface area contributed by atoms with E-state index in [1.165, 1.54) is 5.57 Å². The third kappa shape index (κ3) is 5.51. The van der Waals surface area contributed by atoms with E-state index in [0.29, 0.717) is 25.6 Å². The zero-order chi connectivity index (χ0) is 27.5. The number of hydrogen-bond donors (Lipinski definition) is 2. The number of nitrogens with zero attached hydrogens (tertiary/aromatic N) is 4. The number of aromatic carboxylic acids is 1. The fourth-order valence-electron chi connectivity index (χ4n) is 5.26. The first-order valence-corrected chi connectivity index (χ1v) is 13.6. The van der Waals surface area contributed by atoms with Gasteiger partial charge in [0.05, 0.1) is 49.5 Å². The molecule has 0 radical (unpaired) electrons. The van der Waals surface area contributed by atoms with Crippen LogP contribution in [0.3, 0.4) is 0 Å². The minimum atomic E-state index is -0.957. The Morgan fingerprint density at radius 3 is 2.88 bits per heavy atom. The van der Waals surface area contributed by atoms with Crippen molar-refractivity contribution in [3.63, 3.8) is 0 Å². The second kappa shape index (κ2) is 11.6. The van der Waals surface area contributed by atoms with Gasteiger partial charge in [0.1, 0.15) is 5.82 Å². The molecule has 0 amide bonds. The summed E-state index contributed by atoms with van der Waals surface area (Å²) in [6.45, 7) is 3.96. The summed E-state index contributed by atoms with van der Waals surface area (Å²) in [5, 5.41) is 13.0. The number of benzene rings is 1. The van der Waals surface area contributed by atoms with Crippen molar-refractivity contribution in [1.29, 1.82) is 0 Å². The molecule has 3 aliphatic heterocycles. The van der Waals surface area contributed by atoms with Crippen LogP contribution in [0.2, 0.25) is 0 Å². The maximum atomic E-state index is 11.7. The van der Waals surface area contributed by atoms with Crippen molar-refractivity contribution in [3.05, 3.63) is 89.1 Å². The molecule has 6 rings (SSSR count). The van der Waals surface area contributed by atoms with Gasteiger partial charge in [-0.25, -0.2) is 14.8 Å². The molecule has 0 saturated carbocycles. The first kappa shape index (κ1) is 26.2. The van der Waals surface area contributed by atoms with Crippen LogP contribution in [0.5, 0.6) is 5.88 Å². The van der Waals surface area contributed by atoms with E-state index < -0.39 is 5.97 Å². The minimum absolute atomic E-state index is 0.0858. The number of pyridine rings is 1. The monoisotopic (exact) mass is 543 g/mol. The van der Waals surface area contributed by atoms with E-state index in [1.807, 2.05) is 18.2 Å². The molecule has 208 valence electrons. The van der Waals surface area contributed by atoms with Crippen LogP contribution < -0.4 is 10.1 Å². The Kier molecular flexibility index (Phi) is 7.63. The highest BCUT2D eigenvalue weighted by molar-refractivity contribution is 5.92. The Morgan fingerprint density at radius 1 is 1.27 bits per heavy atom. The predicted molar refractivity (Wildman–Crippen MR) is 149 cm³/mol. The van der Waals surface area contributed by atoms with Crippen molar-refractivity contribution in [3.8, 4) is 5.88 Å². The second-order valence-corrected chi connectivity index (χ2v) is 10.1. The maximum Gasteiger partial charge on any atom is 0.335 e. The molecule has 0 aliphatic carbocycles. The third-order valence-electron chi connectivity index (χ3n) is 7.53. The maximum absolute atomic E-state index is 11.7. The van der Waals surface area contributed by atoms with Crippen molar-refractivity contribution in [2.24, 2.45) is 0 Å². The van der Waals surface area contributed by atoms with E-state index in [0.717, 1.165) is 60.7 Å². The summed E-state index contributed by atoms with van der Waals surface area (Å²) >= 11 is 0. The topological polar surface area (TPSA) is 111 Å². The van der Waals surface area contributed by atoms with E-state index in [-0.39, 0.29) is 17.9 Å². The van der Waals surface area contributed by atoms with E-state index in [9.17, 15) is 9.90 Å². The number of ether oxygens (including phenoxy) is 3. The normalized spacial score (nSPS) is 20.7. The highest BCUT2D eigenvalue weighted by atomic mass is 16.5. The summed E-state index contributed by atoms with van der Waals surface area (Å²) in [5.74, 6) is 0.441. The molecule has 2 atom stereocenters. The summed E-state index contributed by atoms with van der Waals surface area (Å²) in [4.78, 5) is 23.3. The molecule has 3 aliphatic rings. The van der Waals surface area contributed by atoms with Gasteiger partial charge in [0.15, 0.2) is 6.23 Å². The number of imidazole rings is 1. The van der Waals surface area contributed by atoms with Gasteiger partial charge in [-0.05, 0) is 66.9 Å². The van der Waals surface area contributed by atoms with Gasteiger partial charge in [-0.2, -0.15) is 0 Å². The fourth-order valence-corrected chi connectivity index (χ4v) is 5.26. The molecular weight excluding hydrogens is 510 g/mol. The Bertz CT molecular complexity index is 1470. The molecule has 5 heterocycles. The molecule has 2 N–H and O–H groups in total. The van der Waals surface area contributed by atoms with Gasteiger partial charge in [-0.1, -0.05) is 12.2 Å². The third-order valence-corrected chi connectivity index (χ3v) is 7.53. The first-order valence-electron chi connectivity index (χ1n) is 13.6. The summed E-state index contributed by atoms with van der Waals surface area (Å²) in [6, 6.07) is 8.88. The number of nitrogens with one attached hydrogen (secondary N) is 1. The van der Waals surface area contributed by atoms with Crippen molar-refractivity contribution >= 4 is 17.0 Å². The SMILES string of the molecule is COc1ccc(COC2C=CC=C(C3=CCNCC3)N2Cc2nc3ccc(C(=O)O)cc3n2C[C@@H]2CCO2)cn1. The lowest BCUT2D eigenvalue weighted by Gasteiger charge is -2.37. The lowest BCUT2D eigenvalue weighted by molar-refractivity contribution is -0.0598. The average Bonchev–Trinajstić information content (AvgIpc) is 3.31. The largest absolute Gasteiger partial charge is 0.481 e. The van der Waals surface area contributed by atoms with Gasteiger partial charge < -0.3 is 34.1 Å². The van der Waals surface area contributed by atoms with Crippen molar-refractivity contribution in [1.82, 2.24) is 24.8 Å². The molecular formula is C30H33N5O5. The quantitative estimate of drug-likeness (QED) is 0.396. The van der Waals surface area contributed by atoms with Gasteiger partial charge >= 0.3 is 5.97 Å². The summed E-state index contributed by atoms with van der Waals surface area (Å²) < 4.78 is 19.5. The Labute approximate surface area is 232 Å². The Morgan fingerprint density at radius 2 is 2.17 bits per heavy atom. The van der Waals surface area contributed by atoms with E-state index in [4.69, 9.17) is 19.2 Å². The predicted octanol–water partition coefficient (Wildman–Crippen LogP) is 3.65. The van der Waals surface area contributed by atoms with Crippen LogP contribution in [0.25, 0.3) is 11.0 Å². The number of fused-ring (bicyclic) bond motifs is 1. The number of hydrogen-bond acceptors (Lipinski definition) is 8. The second-order valence-electron chi connectivity index (χ2n) is 10.1. The molecule has 10 nitrogen and oxygen atoms in total. The molecule has 1 fully saturated rings. The first-order chi connectivity index (χ1) is 19.6. The zero-order valence-electron chi connectivity index (χ0n) is 22.5. The van der Waals surface area contributed by atoms with Gasteiger partial charge in [0.25, 0.3) is 0 Å². The lowest BCUT2D eigenvalue weighted by Crippen LogP contribution is -2.39. The van der Waals surface area contributed by atoms with Crippen LogP contribution in [0, 0.1) is 0 Å². The van der Waals surface area contributed by atoms with Crippen LogP contribution in [-0.2, 0) is 29.2 Å². The van der Waals surface area contributed by atoms with Gasteiger partial charge in [0.2, 0.25) is 5.88 Å². The van der Waals surface area contributed by atoms with E-state index in [1.54, 1.807) is 31.5 Å². The lowest BCUT2D eigenvalue weighted by atomic mass is 10.0. The molecule has 1 aromatic carbocycles. The standard InChI is InChI=1S/C30H33N5O5/c1-38-28-8-5-20(16-32-28)19-40-29-4-2-3-25(21-9-12-31-13-10-21)35(29)18-27-33-24-7-6-22(30(36)37)15-26(24)34(27)17-23-11-14-39-23/h2-9,15-16,23,29,31H,10-14,17-19H2,1H3,(H,36,37)/t23-,29?/m0/s1. The minimum Gasteiger partial charge on any atom is -0.481 e. The fraction of sp³-hybridized carbons (Fsp3) is 0.367. The smallest absolute Gasteiger partial charge is 0.335 e. The summed E-state index contributed by atoms with van der Waals surface area (Å²) in [5.41, 5.74) is 5.12. The molecule has 0 spiro atoms. The van der Waals surface area contributed by atoms with Crippen LogP contribution >= 0.6 is 0 Å². The van der Waals surface area contributed by atoms with Crippen molar-refractivity contribution < 1.29 is 24.1 Å². The van der Waals surface area contributed by atoms with Crippen molar-refractivity contribution in [2.45, 2.75) is 44.9 Å². The van der Waals surface area contributed by atoms with Crippen LogP contribution in [0.15, 0.2) is 72.1 Å². The number of carboxylic acid groups (broad SMARTS) is 1. The van der Waals surface area contributed by atoms with E-state index in [2.05, 4.69) is 38.0 Å². The Hall–Kier alpha value is -3.99. The Balaban J connectivity index is 1.33. The molecule has 10 heteroatoms. The number of carbonyl (C=O) groups is 1. The van der Waals surface area contributed by atoms with Gasteiger partial charge in [-0.3, -0.25) is 0 Å². The number of rotatable bonds is 10. The highest BCUT2D eigenvalue weighted by Crippen LogP contribution is 2.31. The number of allylic oxidation sites excluding steroid dienone is 3. The van der Waals surface area contributed by atoms with Crippen LogP contribution in [0.1, 0.15) is 34.6 Å². The summed E-state index contributed by atoms with van der Waals surface area (Å²) in [6.07, 6.45) is 11.9. The van der Waals surface area contributed by atoms with Gasteiger partial charge in [-0.15, -0.1) is 0 Å². The molecule has 0 bridgehead atoms. The number of methoxy groups -OCH3 is 1. The van der Waals surface area contributed by atoms with Gasteiger partial charge in [0, 0.05) is 31.1 Å². The number of carboxylic acids is 1. The highest BCUT2D eigenvalue weighted by Gasteiger charge is 2.29. The summed E-state index contributed by atoms with van der Waals surface area (Å²) in [7, 11) is 1.60. The molecule has 1 saturated heterocycles. The number of aromatic nitrogens is 3. The molecule has 1 unspecified atom stereocenters. The van der Waals surface area contributed by atoms with Crippen LogP contribution in [-0.4, -0.2) is 69.6 Å².